The van der Waals surface area contributed by atoms with Gasteiger partial charge in [0.15, 0.2) is 0 Å². The number of nitrogens with zero attached hydrogens (tertiary/aromatic N) is 1. The third-order valence-electron chi connectivity index (χ3n) is 2.17. The standard InChI is InChI=1S/C10H11NOS/c1-11-8-4-2-3-5-9(8)12-7-6-10(11)13/h2-5H,6-7H2,1H3. The van der Waals surface area contributed by atoms with Crippen molar-refractivity contribution in [3.05, 3.63) is 24.3 Å². The van der Waals surface area contributed by atoms with Crippen molar-refractivity contribution < 1.29 is 4.74 Å². The summed E-state index contributed by atoms with van der Waals surface area (Å²) in [5, 5.41) is 0. The van der Waals surface area contributed by atoms with Crippen LogP contribution in [-0.4, -0.2) is 18.6 Å². The number of rotatable bonds is 0. The molecule has 1 aromatic rings. The predicted octanol–water partition coefficient (Wildman–Crippen LogP) is 2.23. The fourth-order valence-corrected chi connectivity index (χ4v) is 1.59. The lowest BCUT2D eigenvalue weighted by Gasteiger charge is -2.17. The van der Waals surface area contributed by atoms with Crippen molar-refractivity contribution in [1.29, 1.82) is 0 Å². The molecule has 1 aliphatic rings. The molecule has 2 nitrogen and oxygen atoms in total. The number of ether oxygens (including phenoxy) is 1. The lowest BCUT2D eigenvalue weighted by molar-refractivity contribution is 0.334. The highest BCUT2D eigenvalue weighted by Gasteiger charge is 2.15. The minimum absolute atomic E-state index is 0.681. The summed E-state index contributed by atoms with van der Waals surface area (Å²) in [6, 6.07) is 7.96. The van der Waals surface area contributed by atoms with Gasteiger partial charge in [-0.2, -0.15) is 0 Å². The van der Waals surface area contributed by atoms with Gasteiger partial charge in [-0.15, -0.1) is 0 Å². The SMILES string of the molecule is CN1C(=S)CCOc2ccccc21. The average molecular weight is 193 g/mol. The molecule has 0 spiro atoms. The van der Waals surface area contributed by atoms with Crippen LogP contribution in [0.5, 0.6) is 5.75 Å². The van der Waals surface area contributed by atoms with Gasteiger partial charge in [-0.1, -0.05) is 24.4 Å². The van der Waals surface area contributed by atoms with Crippen molar-refractivity contribution in [3.63, 3.8) is 0 Å². The lowest BCUT2D eigenvalue weighted by atomic mass is 10.3. The van der Waals surface area contributed by atoms with Crippen LogP contribution < -0.4 is 9.64 Å². The van der Waals surface area contributed by atoms with Crippen LogP contribution in [-0.2, 0) is 0 Å². The Morgan fingerprint density at radius 3 is 3.00 bits per heavy atom. The van der Waals surface area contributed by atoms with Gasteiger partial charge in [-0.05, 0) is 12.1 Å². The van der Waals surface area contributed by atoms with Crippen LogP contribution in [0.2, 0.25) is 0 Å². The third-order valence-corrected chi connectivity index (χ3v) is 2.65. The van der Waals surface area contributed by atoms with Gasteiger partial charge < -0.3 is 9.64 Å². The number of hydrogen-bond donors (Lipinski definition) is 0. The van der Waals surface area contributed by atoms with Gasteiger partial charge in [-0.3, -0.25) is 0 Å². The smallest absolute Gasteiger partial charge is 0.142 e. The van der Waals surface area contributed by atoms with E-state index in [2.05, 4.69) is 0 Å². The van der Waals surface area contributed by atoms with E-state index in [0.29, 0.717) is 6.61 Å². The molecule has 0 saturated carbocycles. The van der Waals surface area contributed by atoms with Gasteiger partial charge in [0.25, 0.3) is 0 Å². The summed E-state index contributed by atoms with van der Waals surface area (Å²) in [4.78, 5) is 2.95. The number of hydrogen-bond acceptors (Lipinski definition) is 2. The molecule has 0 bridgehead atoms. The minimum Gasteiger partial charge on any atom is -0.491 e. The van der Waals surface area contributed by atoms with Crippen molar-refractivity contribution in [2.24, 2.45) is 0 Å². The third kappa shape index (κ3) is 1.52. The zero-order chi connectivity index (χ0) is 9.26. The highest BCUT2D eigenvalue weighted by Crippen LogP contribution is 2.29. The predicted molar refractivity (Wildman–Crippen MR) is 57.6 cm³/mol. The molecule has 0 unspecified atom stereocenters. The number of benzene rings is 1. The van der Waals surface area contributed by atoms with Crippen LogP contribution in [0.1, 0.15) is 6.42 Å². The highest BCUT2D eigenvalue weighted by molar-refractivity contribution is 7.80. The van der Waals surface area contributed by atoms with E-state index in [9.17, 15) is 0 Å². The Hall–Kier alpha value is -1.09. The van der Waals surface area contributed by atoms with Crippen LogP contribution in [0, 0.1) is 0 Å². The molecule has 0 N–H and O–H groups in total. The summed E-state index contributed by atoms with van der Waals surface area (Å²) >= 11 is 5.24. The maximum atomic E-state index is 5.56. The molecule has 0 amide bonds. The van der Waals surface area contributed by atoms with E-state index in [1.807, 2.05) is 36.2 Å². The summed E-state index contributed by atoms with van der Waals surface area (Å²) in [5.74, 6) is 0.921. The van der Waals surface area contributed by atoms with Crippen molar-refractivity contribution in [1.82, 2.24) is 0 Å². The van der Waals surface area contributed by atoms with E-state index >= 15 is 0 Å². The zero-order valence-corrected chi connectivity index (χ0v) is 8.30. The van der Waals surface area contributed by atoms with Crippen LogP contribution in [0.15, 0.2) is 24.3 Å². The molecule has 3 heteroatoms. The second-order valence-corrected chi connectivity index (χ2v) is 3.49. The normalized spacial score (nSPS) is 16.1. The van der Waals surface area contributed by atoms with E-state index in [1.165, 1.54) is 0 Å². The summed E-state index contributed by atoms with van der Waals surface area (Å²) in [6.07, 6.45) is 0.820. The van der Waals surface area contributed by atoms with E-state index in [0.717, 1.165) is 22.8 Å². The molecular weight excluding hydrogens is 182 g/mol. The Kier molecular flexibility index (Phi) is 2.19. The Morgan fingerprint density at radius 2 is 2.15 bits per heavy atom. The topological polar surface area (TPSA) is 12.5 Å². The molecular formula is C10H11NOS. The van der Waals surface area contributed by atoms with Crippen molar-refractivity contribution in [3.8, 4) is 5.75 Å². The van der Waals surface area contributed by atoms with Crippen LogP contribution in [0.4, 0.5) is 5.69 Å². The Bertz CT molecular complexity index is 337. The first-order valence-corrected chi connectivity index (χ1v) is 4.68. The van der Waals surface area contributed by atoms with E-state index in [1.54, 1.807) is 0 Å². The van der Waals surface area contributed by atoms with E-state index in [4.69, 9.17) is 17.0 Å². The van der Waals surface area contributed by atoms with E-state index < -0.39 is 0 Å². The first-order chi connectivity index (χ1) is 6.29. The van der Waals surface area contributed by atoms with Gasteiger partial charge >= 0.3 is 0 Å². The second kappa shape index (κ2) is 3.34. The molecule has 1 aromatic carbocycles. The molecule has 2 rings (SSSR count). The van der Waals surface area contributed by atoms with Crippen LogP contribution in [0.3, 0.4) is 0 Å². The Balaban J connectivity index is 2.46. The van der Waals surface area contributed by atoms with Crippen molar-refractivity contribution in [2.45, 2.75) is 6.42 Å². The monoisotopic (exact) mass is 193 g/mol. The van der Waals surface area contributed by atoms with Gasteiger partial charge in [0, 0.05) is 13.5 Å². The maximum absolute atomic E-state index is 5.56. The number of para-hydroxylation sites is 2. The molecule has 0 fully saturated rings. The van der Waals surface area contributed by atoms with Crippen LogP contribution >= 0.6 is 12.2 Å². The molecule has 0 saturated heterocycles. The summed E-state index contributed by atoms with van der Waals surface area (Å²) < 4.78 is 5.56. The van der Waals surface area contributed by atoms with Gasteiger partial charge in [-0.25, -0.2) is 0 Å². The minimum atomic E-state index is 0.681. The molecule has 13 heavy (non-hydrogen) atoms. The maximum Gasteiger partial charge on any atom is 0.142 e. The number of fused-ring (bicyclic) bond motifs is 1. The number of thiocarbonyl (C=S) groups is 1. The molecule has 0 atom stereocenters. The fourth-order valence-electron chi connectivity index (χ4n) is 1.41. The Morgan fingerprint density at radius 1 is 1.38 bits per heavy atom. The molecule has 1 aliphatic heterocycles. The molecule has 1 heterocycles. The highest BCUT2D eigenvalue weighted by atomic mass is 32.1. The molecule has 0 aromatic heterocycles. The summed E-state index contributed by atoms with van der Waals surface area (Å²) in [7, 11) is 1.98. The van der Waals surface area contributed by atoms with Gasteiger partial charge in [0.05, 0.1) is 17.3 Å². The quantitative estimate of drug-likeness (QED) is 0.586. The van der Waals surface area contributed by atoms with Gasteiger partial charge in [0.2, 0.25) is 0 Å². The summed E-state index contributed by atoms with van der Waals surface area (Å²) in [5.41, 5.74) is 1.06. The average Bonchev–Trinajstić information content (AvgIpc) is 2.29. The van der Waals surface area contributed by atoms with Gasteiger partial charge in [0.1, 0.15) is 5.75 Å². The first-order valence-electron chi connectivity index (χ1n) is 4.27. The zero-order valence-electron chi connectivity index (χ0n) is 7.49. The Labute approximate surface area is 83.1 Å². The second-order valence-electron chi connectivity index (χ2n) is 3.02. The van der Waals surface area contributed by atoms with Crippen molar-refractivity contribution >= 4 is 22.9 Å². The fraction of sp³-hybridized carbons (Fsp3) is 0.300. The van der Waals surface area contributed by atoms with Crippen LogP contribution in [0.25, 0.3) is 0 Å². The first kappa shape index (κ1) is 8.51. The molecule has 68 valence electrons. The summed E-state index contributed by atoms with van der Waals surface area (Å²) in [6.45, 7) is 0.681. The lowest BCUT2D eigenvalue weighted by Crippen LogP contribution is -2.23. The van der Waals surface area contributed by atoms with E-state index in [-0.39, 0.29) is 0 Å². The molecule has 0 aliphatic carbocycles. The number of anilines is 1. The van der Waals surface area contributed by atoms with Crippen molar-refractivity contribution in [2.75, 3.05) is 18.6 Å². The molecule has 0 radical (unpaired) electrons. The largest absolute Gasteiger partial charge is 0.491 e.